The van der Waals surface area contributed by atoms with Crippen LogP contribution in [0.15, 0.2) is 18.2 Å². The molecular formula is C15H21FN2O3. The lowest BCUT2D eigenvalue weighted by atomic mass is 9.85. The van der Waals surface area contributed by atoms with Crippen LogP contribution in [0.2, 0.25) is 0 Å². The molecule has 116 valence electrons. The van der Waals surface area contributed by atoms with Gasteiger partial charge in [0.2, 0.25) is 0 Å². The lowest BCUT2D eigenvalue weighted by Crippen LogP contribution is -2.45. The Morgan fingerprint density at radius 3 is 2.71 bits per heavy atom. The third-order valence-corrected chi connectivity index (χ3v) is 3.73. The Morgan fingerprint density at radius 1 is 1.33 bits per heavy atom. The standard InChI is InChI=1S/C15H21FN2O3/c1-21-13-8-11(16)7-12(9-13)18-14(19)17-10-15(20)5-3-2-4-6-15/h7-9,20H,2-6,10H2,1H3,(H2,17,18,19). The number of amides is 2. The van der Waals surface area contributed by atoms with E-state index >= 15 is 0 Å². The molecule has 0 aromatic heterocycles. The zero-order valence-electron chi connectivity index (χ0n) is 12.1. The fourth-order valence-corrected chi connectivity index (χ4v) is 2.56. The topological polar surface area (TPSA) is 70.6 Å². The predicted molar refractivity (Wildman–Crippen MR) is 78.0 cm³/mol. The van der Waals surface area contributed by atoms with Gasteiger partial charge in [-0.2, -0.15) is 0 Å². The number of carbonyl (C=O) groups excluding carboxylic acids is 1. The van der Waals surface area contributed by atoms with Crippen molar-refractivity contribution in [2.45, 2.75) is 37.7 Å². The van der Waals surface area contributed by atoms with Crippen molar-refractivity contribution in [1.82, 2.24) is 5.32 Å². The SMILES string of the molecule is COc1cc(F)cc(NC(=O)NCC2(O)CCCCC2)c1. The molecule has 5 nitrogen and oxygen atoms in total. The summed E-state index contributed by atoms with van der Waals surface area (Å²) in [6.45, 7) is 0.200. The van der Waals surface area contributed by atoms with Gasteiger partial charge in [-0.25, -0.2) is 9.18 Å². The molecule has 0 radical (unpaired) electrons. The molecule has 0 saturated heterocycles. The first kappa shape index (κ1) is 15.6. The van der Waals surface area contributed by atoms with Gasteiger partial charge in [-0.3, -0.25) is 0 Å². The highest BCUT2D eigenvalue weighted by Crippen LogP contribution is 2.27. The van der Waals surface area contributed by atoms with E-state index in [1.54, 1.807) is 0 Å². The van der Waals surface area contributed by atoms with Gasteiger partial charge in [-0.05, 0) is 18.9 Å². The smallest absolute Gasteiger partial charge is 0.319 e. The molecule has 1 fully saturated rings. The summed E-state index contributed by atoms with van der Waals surface area (Å²) in [7, 11) is 1.43. The second kappa shape index (κ2) is 6.76. The summed E-state index contributed by atoms with van der Waals surface area (Å²) in [5.74, 6) is -0.160. The minimum Gasteiger partial charge on any atom is -0.497 e. The number of ether oxygens (including phenoxy) is 1. The second-order valence-corrected chi connectivity index (χ2v) is 5.47. The van der Waals surface area contributed by atoms with Crippen molar-refractivity contribution >= 4 is 11.7 Å². The average Bonchev–Trinajstić information content (AvgIpc) is 2.45. The van der Waals surface area contributed by atoms with Crippen LogP contribution in [0.5, 0.6) is 5.75 Å². The van der Waals surface area contributed by atoms with Gasteiger partial charge in [0.15, 0.2) is 0 Å². The molecule has 6 heteroatoms. The van der Waals surface area contributed by atoms with E-state index in [1.807, 2.05) is 0 Å². The van der Waals surface area contributed by atoms with Crippen LogP contribution in [0.4, 0.5) is 14.9 Å². The zero-order chi connectivity index (χ0) is 15.3. The Morgan fingerprint density at radius 2 is 2.05 bits per heavy atom. The lowest BCUT2D eigenvalue weighted by molar-refractivity contribution is 0.00755. The molecule has 1 aromatic carbocycles. The summed E-state index contributed by atoms with van der Waals surface area (Å²) in [6.07, 6.45) is 4.46. The molecule has 0 unspecified atom stereocenters. The number of anilines is 1. The molecule has 0 bridgehead atoms. The summed E-state index contributed by atoms with van der Waals surface area (Å²) in [5.41, 5.74) is -0.519. The highest BCUT2D eigenvalue weighted by Gasteiger charge is 2.29. The minimum atomic E-state index is -0.824. The number of methoxy groups -OCH3 is 1. The van der Waals surface area contributed by atoms with E-state index in [9.17, 15) is 14.3 Å². The first-order valence-corrected chi connectivity index (χ1v) is 7.13. The van der Waals surface area contributed by atoms with Gasteiger partial charge < -0.3 is 20.5 Å². The maximum atomic E-state index is 13.3. The van der Waals surface area contributed by atoms with Gasteiger partial charge in [0, 0.05) is 24.4 Å². The number of hydrogen-bond acceptors (Lipinski definition) is 3. The van der Waals surface area contributed by atoms with Crippen molar-refractivity contribution < 1.29 is 19.0 Å². The molecule has 0 heterocycles. The largest absolute Gasteiger partial charge is 0.497 e. The zero-order valence-corrected chi connectivity index (χ0v) is 12.1. The van der Waals surface area contributed by atoms with Gasteiger partial charge in [0.05, 0.1) is 12.7 Å². The fraction of sp³-hybridized carbons (Fsp3) is 0.533. The Kier molecular flexibility index (Phi) is 5.01. The first-order valence-electron chi connectivity index (χ1n) is 7.13. The maximum absolute atomic E-state index is 13.3. The van der Waals surface area contributed by atoms with Crippen molar-refractivity contribution in [1.29, 1.82) is 0 Å². The van der Waals surface area contributed by atoms with Crippen LogP contribution < -0.4 is 15.4 Å². The molecule has 0 aliphatic heterocycles. The molecule has 0 spiro atoms. The third-order valence-electron chi connectivity index (χ3n) is 3.73. The molecular weight excluding hydrogens is 275 g/mol. The van der Waals surface area contributed by atoms with Gasteiger partial charge in [-0.15, -0.1) is 0 Å². The van der Waals surface area contributed by atoms with E-state index in [0.29, 0.717) is 24.3 Å². The molecule has 2 amide bonds. The number of carbonyl (C=O) groups is 1. The van der Waals surface area contributed by atoms with Crippen LogP contribution in [0.1, 0.15) is 32.1 Å². The minimum absolute atomic E-state index is 0.200. The average molecular weight is 296 g/mol. The van der Waals surface area contributed by atoms with E-state index in [4.69, 9.17) is 4.74 Å². The van der Waals surface area contributed by atoms with Crippen LogP contribution in [0.3, 0.4) is 0 Å². The molecule has 0 atom stereocenters. The van der Waals surface area contributed by atoms with Crippen LogP contribution in [-0.4, -0.2) is 30.4 Å². The Hall–Kier alpha value is -1.82. The van der Waals surface area contributed by atoms with Crippen molar-refractivity contribution in [3.63, 3.8) is 0 Å². The van der Waals surface area contributed by atoms with Crippen molar-refractivity contribution in [2.75, 3.05) is 19.0 Å². The molecule has 3 N–H and O–H groups in total. The van der Waals surface area contributed by atoms with Crippen molar-refractivity contribution in [2.24, 2.45) is 0 Å². The highest BCUT2D eigenvalue weighted by atomic mass is 19.1. The quantitative estimate of drug-likeness (QED) is 0.800. The predicted octanol–water partition coefficient (Wildman–Crippen LogP) is 2.65. The van der Waals surface area contributed by atoms with Gasteiger partial charge >= 0.3 is 6.03 Å². The number of urea groups is 1. The number of rotatable bonds is 4. The summed E-state index contributed by atoms with van der Waals surface area (Å²) in [4.78, 5) is 11.8. The van der Waals surface area contributed by atoms with Crippen molar-refractivity contribution in [3.8, 4) is 5.75 Å². The summed E-state index contributed by atoms with van der Waals surface area (Å²) in [6, 6.07) is 3.49. The van der Waals surface area contributed by atoms with Crippen LogP contribution in [0.25, 0.3) is 0 Å². The first-order chi connectivity index (χ1) is 10.0. The number of nitrogens with one attached hydrogen (secondary N) is 2. The molecule has 1 aromatic rings. The van der Waals surface area contributed by atoms with E-state index in [2.05, 4.69) is 10.6 Å². The van der Waals surface area contributed by atoms with E-state index in [0.717, 1.165) is 19.3 Å². The summed E-state index contributed by atoms with van der Waals surface area (Å²) >= 11 is 0. The summed E-state index contributed by atoms with van der Waals surface area (Å²) in [5, 5.41) is 15.5. The second-order valence-electron chi connectivity index (χ2n) is 5.47. The van der Waals surface area contributed by atoms with Gasteiger partial charge in [0.25, 0.3) is 0 Å². The van der Waals surface area contributed by atoms with E-state index < -0.39 is 17.4 Å². The van der Waals surface area contributed by atoms with E-state index in [1.165, 1.54) is 25.3 Å². The normalized spacial score (nSPS) is 17.1. The van der Waals surface area contributed by atoms with Gasteiger partial charge in [0.1, 0.15) is 11.6 Å². The molecule has 21 heavy (non-hydrogen) atoms. The van der Waals surface area contributed by atoms with Crippen LogP contribution >= 0.6 is 0 Å². The monoisotopic (exact) mass is 296 g/mol. The molecule has 1 aliphatic rings. The number of halogens is 1. The van der Waals surface area contributed by atoms with Crippen LogP contribution in [0, 0.1) is 5.82 Å². The number of aliphatic hydroxyl groups is 1. The summed E-state index contributed by atoms with van der Waals surface area (Å²) < 4.78 is 18.2. The molecule has 1 saturated carbocycles. The van der Waals surface area contributed by atoms with Crippen LogP contribution in [-0.2, 0) is 0 Å². The van der Waals surface area contributed by atoms with Gasteiger partial charge in [-0.1, -0.05) is 19.3 Å². The number of benzene rings is 1. The fourth-order valence-electron chi connectivity index (χ4n) is 2.56. The number of hydrogen-bond donors (Lipinski definition) is 3. The molecule has 1 aliphatic carbocycles. The Bertz CT molecular complexity index is 502. The Labute approximate surface area is 123 Å². The maximum Gasteiger partial charge on any atom is 0.319 e. The third kappa shape index (κ3) is 4.60. The lowest BCUT2D eigenvalue weighted by Gasteiger charge is -2.32. The Balaban J connectivity index is 1.88. The highest BCUT2D eigenvalue weighted by molar-refractivity contribution is 5.89. The van der Waals surface area contributed by atoms with Crippen molar-refractivity contribution in [3.05, 3.63) is 24.0 Å². The van der Waals surface area contributed by atoms with E-state index in [-0.39, 0.29) is 6.54 Å². The molecule has 2 rings (SSSR count).